The highest BCUT2D eigenvalue weighted by molar-refractivity contribution is 9.10. The van der Waals surface area contributed by atoms with Crippen LogP contribution in [-0.4, -0.2) is 29.5 Å². The van der Waals surface area contributed by atoms with E-state index >= 15 is 0 Å². The van der Waals surface area contributed by atoms with Gasteiger partial charge < -0.3 is 9.51 Å². The predicted molar refractivity (Wildman–Crippen MR) is 79.9 cm³/mol. The van der Waals surface area contributed by atoms with Crippen molar-refractivity contribution in [2.24, 2.45) is 0 Å². The lowest BCUT2D eigenvalue weighted by Gasteiger charge is -2.01. The molecule has 6 nitrogen and oxygen atoms in total. The minimum atomic E-state index is -0.0958. The Hall–Kier alpha value is -1.73. The van der Waals surface area contributed by atoms with Crippen LogP contribution in [-0.2, 0) is 13.2 Å². The van der Waals surface area contributed by atoms with E-state index < -0.39 is 0 Å². The first-order chi connectivity index (χ1) is 10.2. The molecular weight excluding hydrogens is 334 g/mol. The maximum absolute atomic E-state index is 9.01. The van der Waals surface area contributed by atoms with Gasteiger partial charge in [0.1, 0.15) is 5.69 Å². The summed E-state index contributed by atoms with van der Waals surface area (Å²) in [6.07, 6.45) is 8.47. The fourth-order valence-electron chi connectivity index (χ4n) is 2.50. The average Bonchev–Trinajstić information content (AvgIpc) is 3.09. The third-order valence-corrected chi connectivity index (χ3v) is 4.28. The molecule has 108 valence electrons. The quantitative estimate of drug-likeness (QED) is 0.784. The zero-order valence-corrected chi connectivity index (χ0v) is 12.9. The van der Waals surface area contributed by atoms with Gasteiger partial charge in [0.15, 0.2) is 5.65 Å². The highest BCUT2D eigenvalue weighted by Gasteiger charge is 2.24. The molecule has 7 heteroatoms. The molecule has 1 fully saturated rings. The Morgan fingerprint density at radius 2 is 2.10 bits per heavy atom. The van der Waals surface area contributed by atoms with E-state index in [0.717, 1.165) is 15.8 Å². The summed E-state index contributed by atoms with van der Waals surface area (Å²) in [4.78, 5) is 4.63. The SMILES string of the molecule is OCc1cn(Cc2cn3cc(C4CC4)cc(Br)c3n2)nn1. The van der Waals surface area contributed by atoms with Crippen molar-refractivity contribution in [3.8, 4) is 0 Å². The summed E-state index contributed by atoms with van der Waals surface area (Å²) < 4.78 is 4.77. The summed E-state index contributed by atoms with van der Waals surface area (Å²) in [5.41, 5.74) is 3.76. The third kappa shape index (κ3) is 2.47. The second-order valence-electron chi connectivity index (χ2n) is 5.42. The Morgan fingerprint density at radius 3 is 2.81 bits per heavy atom. The largest absolute Gasteiger partial charge is 0.390 e. The van der Waals surface area contributed by atoms with E-state index in [0.29, 0.717) is 18.2 Å². The summed E-state index contributed by atoms with van der Waals surface area (Å²) in [6.45, 7) is 0.446. The van der Waals surface area contributed by atoms with Crippen molar-refractivity contribution in [2.75, 3.05) is 0 Å². The van der Waals surface area contributed by atoms with E-state index in [-0.39, 0.29) is 6.61 Å². The van der Waals surface area contributed by atoms with Gasteiger partial charge in [-0.1, -0.05) is 5.21 Å². The topological polar surface area (TPSA) is 68.2 Å². The molecule has 3 aromatic heterocycles. The smallest absolute Gasteiger partial charge is 0.151 e. The van der Waals surface area contributed by atoms with Gasteiger partial charge in [0, 0.05) is 12.4 Å². The molecule has 0 aliphatic heterocycles. The van der Waals surface area contributed by atoms with Crippen LogP contribution in [0, 0.1) is 0 Å². The van der Waals surface area contributed by atoms with Crippen LogP contribution in [0.3, 0.4) is 0 Å². The second kappa shape index (κ2) is 4.92. The number of nitrogens with zero attached hydrogens (tertiary/aromatic N) is 5. The van der Waals surface area contributed by atoms with Gasteiger partial charge in [-0.3, -0.25) is 0 Å². The van der Waals surface area contributed by atoms with E-state index in [4.69, 9.17) is 5.11 Å². The van der Waals surface area contributed by atoms with Crippen molar-refractivity contribution in [2.45, 2.75) is 31.9 Å². The number of aromatic nitrogens is 5. The Bertz CT molecular complexity index is 805. The molecule has 0 atom stereocenters. The van der Waals surface area contributed by atoms with Gasteiger partial charge in [-0.2, -0.15) is 0 Å². The Balaban J connectivity index is 1.67. The molecule has 1 N–H and O–H groups in total. The van der Waals surface area contributed by atoms with Crippen molar-refractivity contribution in [3.63, 3.8) is 0 Å². The fraction of sp³-hybridized carbons (Fsp3) is 0.357. The van der Waals surface area contributed by atoms with E-state index in [1.54, 1.807) is 10.9 Å². The number of halogens is 1. The summed E-state index contributed by atoms with van der Waals surface area (Å²) in [5, 5.41) is 16.9. The number of pyridine rings is 1. The zero-order valence-electron chi connectivity index (χ0n) is 11.3. The average molecular weight is 348 g/mol. The summed E-state index contributed by atoms with van der Waals surface area (Å²) >= 11 is 3.61. The maximum atomic E-state index is 9.01. The van der Waals surface area contributed by atoms with Crippen LogP contribution < -0.4 is 0 Å². The van der Waals surface area contributed by atoms with Crippen LogP contribution in [0.4, 0.5) is 0 Å². The number of rotatable bonds is 4. The summed E-state index contributed by atoms with van der Waals surface area (Å²) in [5.74, 6) is 0.707. The molecule has 0 bridgehead atoms. The lowest BCUT2D eigenvalue weighted by Crippen LogP contribution is -2.00. The van der Waals surface area contributed by atoms with E-state index in [2.05, 4.69) is 47.9 Å². The van der Waals surface area contributed by atoms with Crippen molar-refractivity contribution in [1.29, 1.82) is 0 Å². The number of aliphatic hydroxyl groups excluding tert-OH is 1. The molecule has 0 amide bonds. The van der Waals surface area contributed by atoms with E-state index in [1.807, 2.05) is 6.20 Å². The van der Waals surface area contributed by atoms with Gasteiger partial charge in [-0.15, -0.1) is 5.10 Å². The normalized spacial score (nSPS) is 15.0. The first-order valence-electron chi connectivity index (χ1n) is 6.90. The Labute approximate surface area is 129 Å². The van der Waals surface area contributed by atoms with Crippen LogP contribution in [0.5, 0.6) is 0 Å². The minimum absolute atomic E-state index is 0.0958. The lowest BCUT2D eigenvalue weighted by molar-refractivity contribution is 0.276. The van der Waals surface area contributed by atoms with Crippen molar-refractivity contribution in [1.82, 2.24) is 24.4 Å². The first-order valence-corrected chi connectivity index (χ1v) is 7.69. The molecular formula is C14H14BrN5O. The molecule has 21 heavy (non-hydrogen) atoms. The van der Waals surface area contributed by atoms with Crippen LogP contribution in [0.15, 0.2) is 29.1 Å². The number of imidazole rings is 1. The maximum Gasteiger partial charge on any atom is 0.151 e. The molecule has 0 radical (unpaired) electrons. The van der Waals surface area contributed by atoms with E-state index in [1.165, 1.54) is 18.4 Å². The minimum Gasteiger partial charge on any atom is -0.390 e. The van der Waals surface area contributed by atoms with Crippen LogP contribution in [0.25, 0.3) is 5.65 Å². The lowest BCUT2D eigenvalue weighted by atomic mass is 10.2. The molecule has 1 aliphatic carbocycles. The number of aliphatic hydroxyl groups is 1. The van der Waals surface area contributed by atoms with Crippen molar-refractivity contribution < 1.29 is 5.11 Å². The van der Waals surface area contributed by atoms with Gasteiger partial charge in [0.05, 0.1) is 29.5 Å². The molecule has 3 aromatic rings. The molecule has 0 aromatic carbocycles. The standard InChI is InChI=1S/C14H14BrN5O/c15-13-3-10(9-1-2-9)4-19-5-11(16-14(13)19)6-20-7-12(8-21)17-18-20/h3-5,7,9,21H,1-2,6,8H2. The number of hydrogen-bond acceptors (Lipinski definition) is 4. The van der Waals surface area contributed by atoms with Crippen LogP contribution in [0.1, 0.15) is 35.7 Å². The third-order valence-electron chi connectivity index (χ3n) is 3.70. The Kier molecular flexibility index (Phi) is 3.04. The Morgan fingerprint density at radius 1 is 1.24 bits per heavy atom. The summed E-state index contributed by atoms with van der Waals surface area (Å²) in [7, 11) is 0. The number of hydrogen-bond donors (Lipinski definition) is 1. The highest BCUT2D eigenvalue weighted by Crippen LogP contribution is 2.41. The monoisotopic (exact) mass is 347 g/mol. The molecule has 3 heterocycles. The first kappa shape index (κ1) is 13.0. The predicted octanol–water partition coefficient (Wildman–Crippen LogP) is 2.11. The molecule has 0 spiro atoms. The molecule has 1 aliphatic rings. The molecule has 4 rings (SSSR count). The molecule has 0 unspecified atom stereocenters. The van der Waals surface area contributed by atoms with E-state index in [9.17, 15) is 0 Å². The highest BCUT2D eigenvalue weighted by atomic mass is 79.9. The van der Waals surface area contributed by atoms with Gasteiger partial charge in [-0.25, -0.2) is 9.67 Å². The summed E-state index contributed by atoms with van der Waals surface area (Å²) in [6, 6.07) is 2.17. The number of fused-ring (bicyclic) bond motifs is 1. The zero-order chi connectivity index (χ0) is 14.4. The van der Waals surface area contributed by atoms with Gasteiger partial charge in [0.25, 0.3) is 0 Å². The second-order valence-corrected chi connectivity index (χ2v) is 6.28. The van der Waals surface area contributed by atoms with Crippen molar-refractivity contribution >= 4 is 21.6 Å². The molecule has 1 saturated carbocycles. The van der Waals surface area contributed by atoms with Crippen LogP contribution in [0.2, 0.25) is 0 Å². The fourth-order valence-corrected chi connectivity index (χ4v) is 3.06. The van der Waals surface area contributed by atoms with Crippen molar-refractivity contribution in [3.05, 3.63) is 46.1 Å². The molecule has 0 saturated heterocycles. The van der Waals surface area contributed by atoms with Gasteiger partial charge in [0.2, 0.25) is 0 Å². The van der Waals surface area contributed by atoms with Gasteiger partial charge in [-0.05, 0) is 46.3 Å². The van der Waals surface area contributed by atoms with Crippen LogP contribution >= 0.6 is 15.9 Å². The van der Waals surface area contributed by atoms with Gasteiger partial charge >= 0.3 is 0 Å².